The average Bonchev–Trinajstić information content (AvgIpc) is 2.75. The van der Waals surface area contributed by atoms with Crippen LogP contribution in [0.25, 0.3) is 0 Å². The summed E-state index contributed by atoms with van der Waals surface area (Å²) in [6.07, 6.45) is 3.04. The van der Waals surface area contributed by atoms with Gasteiger partial charge in [0, 0.05) is 22.1 Å². The van der Waals surface area contributed by atoms with Gasteiger partial charge in [-0.15, -0.1) is 0 Å². The van der Waals surface area contributed by atoms with Crippen molar-refractivity contribution in [1.29, 1.82) is 0 Å². The summed E-state index contributed by atoms with van der Waals surface area (Å²) in [6.45, 7) is 2.49. The molecule has 0 amide bonds. The first-order valence-electron chi connectivity index (χ1n) is 6.63. The second kappa shape index (κ2) is 6.91. The Morgan fingerprint density at radius 2 is 2.14 bits per heavy atom. The summed E-state index contributed by atoms with van der Waals surface area (Å²) in [7, 11) is -4.17. The quantitative estimate of drug-likeness (QED) is 0.450. The first kappa shape index (κ1) is 16.5. The van der Waals surface area contributed by atoms with Crippen LogP contribution in [-0.4, -0.2) is 30.1 Å². The van der Waals surface area contributed by atoms with E-state index in [4.69, 9.17) is 12.2 Å². The number of nitrogens with zero attached hydrogens (tertiary/aromatic N) is 1. The lowest BCUT2D eigenvalue weighted by molar-refractivity contribution is 0.461. The van der Waals surface area contributed by atoms with E-state index in [1.54, 1.807) is 11.8 Å². The van der Waals surface area contributed by atoms with Gasteiger partial charge in [0.05, 0.1) is 20.8 Å². The van der Waals surface area contributed by atoms with Gasteiger partial charge in [0.2, 0.25) is 0 Å². The summed E-state index contributed by atoms with van der Waals surface area (Å²) < 4.78 is 32.2. The lowest BCUT2D eigenvalue weighted by Gasteiger charge is -2.21. The van der Waals surface area contributed by atoms with E-state index in [1.807, 2.05) is 42.2 Å². The zero-order valence-corrected chi connectivity index (χ0v) is 14.1. The molecule has 4 nitrogen and oxygen atoms in total. The number of fused-ring (bicyclic) bond motifs is 1. The highest BCUT2D eigenvalue weighted by Crippen LogP contribution is 2.45. The number of hydrogen-bond donors (Lipinski definition) is 0. The summed E-state index contributed by atoms with van der Waals surface area (Å²) in [5, 5.41) is 0.992. The zero-order chi connectivity index (χ0) is 15.5. The van der Waals surface area contributed by atoms with Gasteiger partial charge < -0.3 is 9.45 Å². The number of thioether (sulfide) groups is 1. The molecule has 21 heavy (non-hydrogen) atoms. The van der Waals surface area contributed by atoms with Crippen LogP contribution in [0.1, 0.15) is 19.8 Å². The predicted octanol–water partition coefficient (Wildman–Crippen LogP) is 3.16. The van der Waals surface area contributed by atoms with Crippen LogP contribution in [-0.2, 0) is 10.1 Å². The molecule has 0 spiro atoms. The third-order valence-electron chi connectivity index (χ3n) is 3.05. The van der Waals surface area contributed by atoms with E-state index < -0.39 is 10.1 Å². The van der Waals surface area contributed by atoms with Crippen molar-refractivity contribution in [2.24, 2.45) is 0 Å². The molecule has 1 heterocycles. The van der Waals surface area contributed by atoms with Gasteiger partial charge in [-0.1, -0.05) is 43.0 Å². The Hall–Kier alpha value is -0.890. The maximum absolute atomic E-state index is 10.7. The van der Waals surface area contributed by atoms with Gasteiger partial charge in [-0.3, -0.25) is 0 Å². The minimum absolute atomic E-state index is 0.303. The summed E-state index contributed by atoms with van der Waals surface area (Å²) >= 11 is 6.88. The Bertz CT molecular complexity index is 668. The normalized spacial score (nSPS) is 16.3. The highest BCUT2D eigenvalue weighted by Gasteiger charge is 2.24. The van der Waals surface area contributed by atoms with Crippen molar-refractivity contribution in [2.45, 2.75) is 24.7 Å². The molecular weight excluding hydrogens is 326 g/mol. The van der Waals surface area contributed by atoms with Gasteiger partial charge in [-0.25, -0.2) is 8.42 Å². The third-order valence-corrected chi connectivity index (χ3v) is 5.35. The lowest BCUT2D eigenvalue weighted by Crippen LogP contribution is -2.22. The van der Waals surface area contributed by atoms with Crippen molar-refractivity contribution in [3.63, 3.8) is 0 Å². The first-order valence-corrected chi connectivity index (χ1v) is 9.43. The van der Waals surface area contributed by atoms with Gasteiger partial charge in [0.15, 0.2) is 0 Å². The van der Waals surface area contributed by atoms with Crippen molar-refractivity contribution in [2.75, 3.05) is 17.2 Å². The van der Waals surface area contributed by atoms with Gasteiger partial charge in [0.25, 0.3) is 0 Å². The molecule has 0 radical (unpaired) electrons. The van der Waals surface area contributed by atoms with Crippen LogP contribution in [0.2, 0.25) is 0 Å². The molecule has 114 valence electrons. The highest BCUT2D eigenvalue weighted by atomic mass is 32.2. The molecule has 0 aromatic heterocycles. The van der Waals surface area contributed by atoms with Crippen LogP contribution < -0.4 is 4.90 Å². The fourth-order valence-corrected chi connectivity index (χ4v) is 3.85. The van der Waals surface area contributed by atoms with Gasteiger partial charge in [0.1, 0.15) is 0 Å². The minimum Gasteiger partial charge on any atom is -0.748 e. The maximum Gasteiger partial charge on any atom is 0.0946 e. The summed E-state index contributed by atoms with van der Waals surface area (Å²) in [5.41, 5.74) is 1.04. The average molecular weight is 342 g/mol. The molecule has 1 aliphatic rings. The van der Waals surface area contributed by atoms with Crippen molar-refractivity contribution >= 4 is 44.6 Å². The van der Waals surface area contributed by atoms with E-state index in [2.05, 4.69) is 0 Å². The number of anilines is 1. The third kappa shape index (κ3) is 4.54. The van der Waals surface area contributed by atoms with E-state index in [0.29, 0.717) is 13.0 Å². The van der Waals surface area contributed by atoms with Crippen LogP contribution in [0.5, 0.6) is 0 Å². The standard InChI is InChI=1S/C14H17NO3S3/c1-2-11(19)10-14-15(8-5-9-21(16,17)18)12-6-3-4-7-13(12)20-14/h3-4,6-7,10H,2,5,8-9H2,1H3,(H,16,17,18)/p-1. The van der Waals surface area contributed by atoms with E-state index >= 15 is 0 Å². The molecule has 0 saturated carbocycles. The molecule has 0 aliphatic carbocycles. The summed E-state index contributed by atoms with van der Waals surface area (Å²) in [5.74, 6) is -0.345. The van der Waals surface area contributed by atoms with Crippen molar-refractivity contribution in [1.82, 2.24) is 0 Å². The molecule has 0 unspecified atom stereocenters. The number of allylic oxidation sites excluding steroid dienone is 1. The van der Waals surface area contributed by atoms with E-state index in [-0.39, 0.29) is 5.75 Å². The maximum atomic E-state index is 10.7. The van der Waals surface area contributed by atoms with Crippen molar-refractivity contribution in [3.05, 3.63) is 35.4 Å². The van der Waals surface area contributed by atoms with E-state index in [1.165, 1.54) is 0 Å². The highest BCUT2D eigenvalue weighted by molar-refractivity contribution is 8.03. The Kier molecular flexibility index (Phi) is 5.43. The zero-order valence-electron chi connectivity index (χ0n) is 11.6. The van der Waals surface area contributed by atoms with Crippen LogP contribution in [0.3, 0.4) is 0 Å². The molecule has 0 saturated heterocycles. The van der Waals surface area contributed by atoms with Crippen molar-refractivity contribution < 1.29 is 13.0 Å². The first-order chi connectivity index (χ1) is 9.90. The van der Waals surface area contributed by atoms with Crippen LogP contribution in [0, 0.1) is 0 Å². The SMILES string of the molecule is CCC(=S)C=C1Sc2ccccc2N1CCCS(=O)(=O)[O-]. The molecule has 7 heteroatoms. The monoisotopic (exact) mass is 342 g/mol. The molecule has 0 atom stereocenters. The molecule has 1 aromatic carbocycles. The van der Waals surface area contributed by atoms with Crippen molar-refractivity contribution in [3.8, 4) is 0 Å². The molecule has 2 rings (SSSR count). The van der Waals surface area contributed by atoms with Gasteiger partial charge in [-0.2, -0.15) is 0 Å². The number of benzene rings is 1. The molecule has 1 aromatic rings. The smallest absolute Gasteiger partial charge is 0.0946 e. The fraction of sp³-hybridized carbons (Fsp3) is 0.357. The van der Waals surface area contributed by atoms with Gasteiger partial charge >= 0.3 is 0 Å². The number of para-hydroxylation sites is 1. The Morgan fingerprint density at radius 1 is 1.43 bits per heavy atom. The molecular formula is C14H16NO3S3-. The van der Waals surface area contributed by atoms with Crippen LogP contribution in [0.4, 0.5) is 5.69 Å². The largest absolute Gasteiger partial charge is 0.748 e. The Morgan fingerprint density at radius 3 is 2.81 bits per heavy atom. The van der Waals surface area contributed by atoms with Crippen LogP contribution in [0.15, 0.2) is 40.3 Å². The minimum atomic E-state index is -4.17. The second-order valence-electron chi connectivity index (χ2n) is 4.64. The van der Waals surface area contributed by atoms with Gasteiger partial charge in [-0.05, 0) is 31.1 Å². The second-order valence-corrected chi connectivity index (χ2v) is 7.75. The number of hydrogen-bond acceptors (Lipinski definition) is 6. The van der Waals surface area contributed by atoms with E-state index in [0.717, 1.165) is 26.9 Å². The predicted molar refractivity (Wildman–Crippen MR) is 89.8 cm³/mol. The van der Waals surface area contributed by atoms with E-state index in [9.17, 15) is 13.0 Å². The Balaban J connectivity index is 2.19. The molecule has 0 bridgehead atoms. The molecule has 1 aliphatic heterocycles. The fourth-order valence-electron chi connectivity index (χ4n) is 2.03. The molecule has 0 N–H and O–H groups in total. The number of thiocarbonyl (C=S) groups is 1. The summed E-state index contributed by atoms with van der Waals surface area (Å²) in [6, 6.07) is 7.92. The Labute approximate surface area is 135 Å². The molecule has 0 fully saturated rings. The topological polar surface area (TPSA) is 60.4 Å². The summed E-state index contributed by atoms with van der Waals surface area (Å²) in [4.78, 5) is 4.01. The van der Waals surface area contributed by atoms with Crippen LogP contribution >= 0.6 is 24.0 Å². The number of rotatable bonds is 6. The lowest BCUT2D eigenvalue weighted by atomic mass is 10.2.